The van der Waals surface area contributed by atoms with Gasteiger partial charge in [0.2, 0.25) is 0 Å². The van der Waals surface area contributed by atoms with Crippen molar-refractivity contribution in [3.63, 3.8) is 0 Å². The second-order valence-corrected chi connectivity index (χ2v) is 5.06. The van der Waals surface area contributed by atoms with Crippen molar-refractivity contribution < 1.29 is 4.42 Å². The zero-order chi connectivity index (χ0) is 13.0. The van der Waals surface area contributed by atoms with Crippen molar-refractivity contribution in [2.24, 2.45) is 0 Å². The summed E-state index contributed by atoms with van der Waals surface area (Å²) < 4.78 is 5.74. The van der Waals surface area contributed by atoms with Crippen LogP contribution in [0.4, 0.5) is 0 Å². The van der Waals surface area contributed by atoms with Gasteiger partial charge in [-0.15, -0.1) is 0 Å². The molecule has 0 amide bonds. The summed E-state index contributed by atoms with van der Waals surface area (Å²) in [6.45, 7) is 7.74. The number of nitrogens with zero attached hydrogens (tertiary/aromatic N) is 3. The highest BCUT2D eigenvalue weighted by Crippen LogP contribution is 2.13. The number of oxazole rings is 1. The van der Waals surface area contributed by atoms with E-state index in [0.717, 1.165) is 50.8 Å². The van der Waals surface area contributed by atoms with E-state index in [-0.39, 0.29) is 6.04 Å². The van der Waals surface area contributed by atoms with Crippen LogP contribution in [0.2, 0.25) is 0 Å². The Morgan fingerprint density at radius 1 is 1.39 bits per heavy atom. The highest BCUT2D eigenvalue weighted by Gasteiger charge is 2.15. The summed E-state index contributed by atoms with van der Waals surface area (Å²) in [6, 6.07) is 0.231. The Morgan fingerprint density at radius 3 is 2.78 bits per heavy atom. The highest BCUT2D eigenvalue weighted by molar-refractivity contribution is 4.99. The minimum atomic E-state index is 0.231. The van der Waals surface area contributed by atoms with Crippen molar-refractivity contribution in [2.45, 2.75) is 19.4 Å². The molecule has 1 unspecified atom stereocenters. The molecule has 0 bridgehead atoms. The molecule has 102 valence electrons. The van der Waals surface area contributed by atoms with Gasteiger partial charge >= 0.3 is 0 Å². The van der Waals surface area contributed by atoms with E-state index in [0.29, 0.717) is 0 Å². The summed E-state index contributed by atoms with van der Waals surface area (Å²) in [5, 5.41) is 3.16. The molecule has 1 aromatic heterocycles. The van der Waals surface area contributed by atoms with Crippen LogP contribution in [0, 0.1) is 0 Å². The molecule has 0 radical (unpaired) electrons. The van der Waals surface area contributed by atoms with E-state index >= 15 is 0 Å². The van der Waals surface area contributed by atoms with Gasteiger partial charge in [0.25, 0.3) is 0 Å². The van der Waals surface area contributed by atoms with Crippen LogP contribution in [-0.2, 0) is 6.42 Å². The quantitative estimate of drug-likeness (QED) is 0.837. The number of likely N-dealkylation sites (N-methyl/N-ethyl adjacent to an activating group) is 1. The van der Waals surface area contributed by atoms with E-state index in [2.05, 4.69) is 34.1 Å². The van der Waals surface area contributed by atoms with Crippen molar-refractivity contribution in [3.05, 3.63) is 17.8 Å². The zero-order valence-electron chi connectivity index (χ0n) is 11.6. The number of hydrogen-bond acceptors (Lipinski definition) is 5. The second-order valence-electron chi connectivity index (χ2n) is 5.06. The average Bonchev–Trinajstić information content (AvgIpc) is 2.86. The van der Waals surface area contributed by atoms with Crippen molar-refractivity contribution in [1.29, 1.82) is 0 Å². The Morgan fingerprint density at radius 2 is 2.11 bits per heavy atom. The van der Waals surface area contributed by atoms with E-state index in [4.69, 9.17) is 4.42 Å². The Labute approximate surface area is 109 Å². The van der Waals surface area contributed by atoms with Gasteiger partial charge in [0, 0.05) is 39.1 Å². The average molecular weight is 252 g/mol. The van der Waals surface area contributed by atoms with Crippen molar-refractivity contribution >= 4 is 0 Å². The van der Waals surface area contributed by atoms with Gasteiger partial charge in [0.05, 0.1) is 12.2 Å². The Hall–Kier alpha value is -0.910. The Kier molecular flexibility index (Phi) is 4.74. The molecule has 5 heteroatoms. The maximum Gasteiger partial charge on any atom is 0.195 e. The monoisotopic (exact) mass is 252 g/mol. The SMILES string of the molecule is CNC(C)c1cnc(CCN2CCN(C)CC2)o1. The number of nitrogens with one attached hydrogen (secondary N) is 1. The van der Waals surface area contributed by atoms with Crippen LogP contribution < -0.4 is 5.32 Å². The topological polar surface area (TPSA) is 44.5 Å². The van der Waals surface area contributed by atoms with Crippen LogP contribution in [0.25, 0.3) is 0 Å². The fourth-order valence-corrected chi connectivity index (χ4v) is 2.11. The van der Waals surface area contributed by atoms with E-state index < -0.39 is 0 Å². The molecule has 0 aliphatic carbocycles. The maximum absolute atomic E-state index is 5.74. The first-order valence-corrected chi connectivity index (χ1v) is 6.72. The summed E-state index contributed by atoms with van der Waals surface area (Å²) in [6.07, 6.45) is 2.74. The fraction of sp³-hybridized carbons (Fsp3) is 0.769. The molecule has 2 rings (SSSR count). The molecule has 2 heterocycles. The molecule has 18 heavy (non-hydrogen) atoms. The Bertz CT molecular complexity index is 358. The van der Waals surface area contributed by atoms with Gasteiger partial charge in [-0.1, -0.05) is 0 Å². The minimum absolute atomic E-state index is 0.231. The van der Waals surface area contributed by atoms with Crippen LogP contribution >= 0.6 is 0 Å². The van der Waals surface area contributed by atoms with E-state index in [9.17, 15) is 0 Å². The predicted octanol–water partition coefficient (Wildman–Crippen LogP) is 0.745. The molecule has 1 atom stereocenters. The normalized spacial score (nSPS) is 20.2. The predicted molar refractivity (Wildman–Crippen MR) is 71.6 cm³/mol. The molecule has 1 N–H and O–H groups in total. The molecule has 0 aromatic carbocycles. The lowest BCUT2D eigenvalue weighted by Gasteiger charge is -2.31. The first kappa shape index (κ1) is 13.5. The summed E-state index contributed by atoms with van der Waals surface area (Å²) in [5.41, 5.74) is 0. The van der Waals surface area contributed by atoms with Crippen molar-refractivity contribution in [3.8, 4) is 0 Å². The molecule has 1 saturated heterocycles. The van der Waals surface area contributed by atoms with Gasteiger partial charge in [0.1, 0.15) is 5.76 Å². The third-order valence-corrected chi connectivity index (χ3v) is 3.67. The van der Waals surface area contributed by atoms with Crippen LogP contribution in [0.3, 0.4) is 0 Å². The first-order valence-electron chi connectivity index (χ1n) is 6.72. The second kappa shape index (κ2) is 6.31. The van der Waals surface area contributed by atoms with E-state index in [1.807, 2.05) is 13.2 Å². The molecular formula is C13H24N4O. The number of aromatic nitrogens is 1. The Balaban J connectivity index is 1.78. The largest absolute Gasteiger partial charge is 0.444 e. The first-order chi connectivity index (χ1) is 8.69. The van der Waals surface area contributed by atoms with Gasteiger partial charge in [-0.2, -0.15) is 0 Å². The molecule has 0 saturated carbocycles. The number of piperazine rings is 1. The summed E-state index contributed by atoms with van der Waals surface area (Å²) in [4.78, 5) is 9.19. The smallest absolute Gasteiger partial charge is 0.195 e. The lowest BCUT2D eigenvalue weighted by Crippen LogP contribution is -2.45. The standard InChI is InChI=1S/C13H24N4O/c1-11(14-2)12-10-15-13(18-12)4-5-17-8-6-16(3)7-9-17/h10-11,14H,4-9H2,1-3H3. The van der Waals surface area contributed by atoms with Gasteiger partial charge in [-0.25, -0.2) is 4.98 Å². The zero-order valence-corrected chi connectivity index (χ0v) is 11.6. The minimum Gasteiger partial charge on any atom is -0.444 e. The van der Waals surface area contributed by atoms with Gasteiger partial charge in [-0.05, 0) is 21.0 Å². The summed E-state index contributed by atoms with van der Waals surface area (Å²) in [5.74, 6) is 1.77. The van der Waals surface area contributed by atoms with Crippen molar-refractivity contribution in [1.82, 2.24) is 20.1 Å². The number of hydrogen-bond donors (Lipinski definition) is 1. The summed E-state index contributed by atoms with van der Waals surface area (Å²) in [7, 11) is 4.11. The maximum atomic E-state index is 5.74. The third-order valence-electron chi connectivity index (χ3n) is 3.67. The van der Waals surface area contributed by atoms with Crippen LogP contribution in [0.1, 0.15) is 24.6 Å². The van der Waals surface area contributed by atoms with E-state index in [1.54, 1.807) is 0 Å². The van der Waals surface area contributed by atoms with Crippen molar-refractivity contribution in [2.75, 3.05) is 46.8 Å². The highest BCUT2D eigenvalue weighted by atomic mass is 16.4. The lowest BCUT2D eigenvalue weighted by molar-refractivity contribution is 0.153. The lowest BCUT2D eigenvalue weighted by atomic mass is 10.3. The van der Waals surface area contributed by atoms with Crippen LogP contribution in [0.5, 0.6) is 0 Å². The molecule has 0 spiro atoms. The van der Waals surface area contributed by atoms with Crippen LogP contribution in [-0.4, -0.2) is 61.6 Å². The fourth-order valence-electron chi connectivity index (χ4n) is 2.11. The molecule has 1 fully saturated rings. The van der Waals surface area contributed by atoms with Gasteiger partial charge in [0.15, 0.2) is 5.89 Å². The van der Waals surface area contributed by atoms with Gasteiger partial charge in [-0.3, -0.25) is 0 Å². The molecular weight excluding hydrogens is 228 g/mol. The third kappa shape index (κ3) is 3.54. The molecule has 1 aliphatic rings. The number of rotatable bonds is 5. The molecule has 1 aliphatic heterocycles. The van der Waals surface area contributed by atoms with E-state index in [1.165, 1.54) is 0 Å². The molecule has 1 aromatic rings. The summed E-state index contributed by atoms with van der Waals surface area (Å²) >= 11 is 0. The molecule has 5 nitrogen and oxygen atoms in total. The van der Waals surface area contributed by atoms with Crippen LogP contribution in [0.15, 0.2) is 10.6 Å². The van der Waals surface area contributed by atoms with Gasteiger partial charge < -0.3 is 19.5 Å².